The Morgan fingerprint density at radius 2 is 2.00 bits per heavy atom. The van der Waals surface area contributed by atoms with Crippen LogP contribution in [-0.4, -0.2) is 49.2 Å². The number of piperidine rings is 1. The second kappa shape index (κ2) is 6.36. The molecular weight excluding hydrogens is 216 g/mol. The van der Waals surface area contributed by atoms with E-state index in [4.69, 9.17) is 5.11 Å². The highest BCUT2D eigenvalue weighted by molar-refractivity contribution is 5.66. The van der Waals surface area contributed by atoms with E-state index in [0.29, 0.717) is 6.54 Å². The summed E-state index contributed by atoms with van der Waals surface area (Å²) in [5.74, 6) is 0.0191. The van der Waals surface area contributed by atoms with Gasteiger partial charge in [0.25, 0.3) is 0 Å². The van der Waals surface area contributed by atoms with E-state index in [-0.39, 0.29) is 11.8 Å². The summed E-state index contributed by atoms with van der Waals surface area (Å²) in [7, 11) is 2.17. The van der Waals surface area contributed by atoms with Crippen molar-refractivity contribution in [2.75, 3.05) is 33.2 Å². The third-order valence-corrected chi connectivity index (χ3v) is 3.92. The first-order valence-electron chi connectivity index (χ1n) is 6.53. The van der Waals surface area contributed by atoms with Crippen LogP contribution in [0.2, 0.25) is 0 Å². The van der Waals surface area contributed by atoms with Gasteiger partial charge in [-0.05, 0) is 44.3 Å². The summed E-state index contributed by atoms with van der Waals surface area (Å²) < 4.78 is 0. The van der Waals surface area contributed by atoms with E-state index < -0.39 is 5.97 Å². The molecule has 0 radical (unpaired) electrons. The van der Waals surface area contributed by atoms with E-state index in [1.807, 2.05) is 0 Å². The molecule has 17 heavy (non-hydrogen) atoms. The first kappa shape index (κ1) is 14.5. The molecular formula is C13H26N2O2. The van der Waals surface area contributed by atoms with Crippen LogP contribution in [0.5, 0.6) is 0 Å². The summed E-state index contributed by atoms with van der Waals surface area (Å²) in [6, 6.07) is 0. The Morgan fingerprint density at radius 3 is 2.53 bits per heavy atom. The molecule has 1 saturated heterocycles. The van der Waals surface area contributed by atoms with Crippen LogP contribution in [0, 0.1) is 11.3 Å². The smallest absolute Gasteiger partial charge is 0.304 e. The van der Waals surface area contributed by atoms with Crippen LogP contribution in [-0.2, 0) is 4.79 Å². The summed E-state index contributed by atoms with van der Waals surface area (Å²) in [5.41, 5.74) is 0.264. The zero-order chi connectivity index (χ0) is 12.9. The molecule has 1 aliphatic rings. The first-order chi connectivity index (χ1) is 7.92. The van der Waals surface area contributed by atoms with Crippen LogP contribution in [0.4, 0.5) is 0 Å². The van der Waals surface area contributed by atoms with Crippen molar-refractivity contribution in [2.24, 2.45) is 11.3 Å². The number of aliphatic carboxylic acids is 1. The molecule has 2 N–H and O–H groups in total. The quantitative estimate of drug-likeness (QED) is 0.692. The van der Waals surface area contributed by atoms with Gasteiger partial charge in [0.1, 0.15) is 0 Å². The predicted octanol–water partition coefficient (Wildman–Crippen LogP) is 1.42. The average Bonchev–Trinajstić information content (AvgIpc) is 2.25. The van der Waals surface area contributed by atoms with Gasteiger partial charge in [-0.25, -0.2) is 0 Å². The fraction of sp³-hybridized carbons (Fsp3) is 0.923. The molecule has 0 amide bonds. The molecule has 1 rings (SSSR count). The van der Waals surface area contributed by atoms with Crippen LogP contribution in [0.25, 0.3) is 0 Å². The van der Waals surface area contributed by atoms with E-state index in [1.165, 1.54) is 25.9 Å². The minimum Gasteiger partial charge on any atom is -0.481 e. The van der Waals surface area contributed by atoms with Gasteiger partial charge in [0.15, 0.2) is 0 Å². The SMILES string of the molecule is CN1CCC(C(C)(C)CNCCC(=O)O)CC1. The second-order valence-electron chi connectivity index (χ2n) is 5.89. The number of hydrogen-bond acceptors (Lipinski definition) is 3. The molecule has 0 saturated carbocycles. The maximum atomic E-state index is 10.4. The number of carboxylic acid groups (broad SMARTS) is 1. The third kappa shape index (κ3) is 5.04. The normalized spacial score (nSPS) is 19.5. The highest BCUT2D eigenvalue weighted by Gasteiger charge is 2.31. The van der Waals surface area contributed by atoms with Crippen molar-refractivity contribution in [3.8, 4) is 0 Å². The maximum absolute atomic E-state index is 10.4. The van der Waals surface area contributed by atoms with Crippen molar-refractivity contribution < 1.29 is 9.90 Å². The molecule has 0 aliphatic carbocycles. The molecule has 0 atom stereocenters. The summed E-state index contributed by atoms with van der Waals surface area (Å²) in [6.45, 7) is 8.43. The number of nitrogens with zero attached hydrogens (tertiary/aromatic N) is 1. The van der Waals surface area contributed by atoms with E-state index in [9.17, 15) is 4.79 Å². The predicted molar refractivity (Wildman–Crippen MR) is 69.1 cm³/mol. The molecule has 4 heteroatoms. The Hall–Kier alpha value is -0.610. The molecule has 0 unspecified atom stereocenters. The molecule has 1 aliphatic heterocycles. The van der Waals surface area contributed by atoms with Crippen molar-refractivity contribution >= 4 is 5.97 Å². The van der Waals surface area contributed by atoms with Crippen LogP contribution in [0.15, 0.2) is 0 Å². The van der Waals surface area contributed by atoms with Crippen molar-refractivity contribution in [3.05, 3.63) is 0 Å². The Morgan fingerprint density at radius 1 is 1.41 bits per heavy atom. The molecule has 0 aromatic rings. The third-order valence-electron chi connectivity index (χ3n) is 3.92. The van der Waals surface area contributed by atoms with Gasteiger partial charge >= 0.3 is 5.97 Å². The molecule has 0 bridgehead atoms. The fourth-order valence-electron chi connectivity index (χ4n) is 2.54. The fourth-order valence-corrected chi connectivity index (χ4v) is 2.54. The van der Waals surface area contributed by atoms with Crippen LogP contribution < -0.4 is 5.32 Å². The number of carboxylic acids is 1. The highest BCUT2D eigenvalue weighted by Crippen LogP contribution is 2.34. The zero-order valence-corrected chi connectivity index (χ0v) is 11.3. The molecule has 100 valence electrons. The standard InChI is InChI=1S/C13H26N2O2/c1-13(2,10-14-7-4-12(16)17)11-5-8-15(3)9-6-11/h11,14H,4-10H2,1-3H3,(H,16,17). The van der Waals surface area contributed by atoms with Crippen molar-refractivity contribution in [1.82, 2.24) is 10.2 Å². The molecule has 1 fully saturated rings. The minimum absolute atomic E-state index is 0.212. The largest absolute Gasteiger partial charge is 0.481 e. The molecule has 0 spiro atoms. The Labute approximate surface area is 104 Å². The lowest BCUT2D eigenvalue weighted by atomic mass is 9.73. The highest BCUT2D eigenvalue weighted by atomic mass is 16.4. The van der Waals surface area contributed by atoms with Gasteiger partial charge in [-0.3, -0.25) is 4.79 Å². The molecule has 0 aromatic carbocycles. The summed E-state index contributed by atoms with van der Waals surface area (Å²) in [4.78, 5) is 12.8. The summed E-state index contributed by atoms with van der Waals surface area (Å²) in [6.07, 6.45) is 2.72. The second-order valence-corrected chi connectivity index (χ2v) is 5.89. The van der Waals surface area contributed by atoms with Gasteiger partial charge in [-0.2, -0.15) is 0 Å². The molecule has 1 heterocycles. The maximum Gasteiger partial charge on any atom is 0.304 e. The van der Waals surface area contributed by atoms with Gasteiger partial charge < -0.3 is 15.3 Å². The lowest BCUT2D eigenvalue weighted by molar-refractivity contribution is -0.136. The summed E-state index contributed by atoms with van der Waals surface area (Å²) >= 11 is 0. The molecule has 4 nitrogen and oxygen atoms in total. The Kier molecular flexibility index (Phi) is 5.40. The van der Waals surface area contributed by atoms with Crippen LogP contribution >= 0.6 is 0 Å². The van der Waals surface area contributed by atoms with Gasteiger partial charge in [0, 0.05) is 13.1 Å². The van der Waals surface area contributed by atoms with E-state index >= 15 is 0 Å². The van der Waals surface area contributed by atoms with Crippen LogP contribution in [0.1, 0.15) is 33.1 Å². The van der Waals surface area contributed by atoms with E-state index in [0.717, 1.165) is 12.5 Å². The van der Waals surface area contributed by atoms with Crippen molar-refractivity contribution in [2.45, 2.75) is 33.1 Å². The first-order valence-corrected chi connectivity index (χ1v) is 6.53. The Balaban J connectivity index is 2.27. The van der Waals surface area contributed by atoms with Crippen LogP contribution in [0.3, 0.4) is 0 Å². The zero-order valence-electron chi connectivity index (χ0n) is 11.3. The molecule has 0 aromatic heterocycles. The van der Waals surface area contributed by atoms with Gasteiger partial charge in [-0.1, -0.05) is 13.8 Å². The van der Waals surface area contributed by atoms with Gasteiger partial charge in [0.05, 0.1) is 6.42 Å². The van der Waals surface area contributed by atoms with Crippen molar-refractivity contribution in [1.29, 1.82) is 0 Å². The number of hydrogen-bond donors (Lipinski definition) is 2. The lowest BCUT2D eigenvalue weighted by Crippen LogP contribution is -2.42. The Bertz CT molecular complexity index is 246. The van der Waals surface area contributed by atoms with Gasteiger partial charge in [-0.15, -0.1) is 0 Å². The summed E-state index contributed by atoms with van der Waals surface area (Å²) in [5, 5.41) is 11.8. The monoisotopic (exact) mass is 242 g/mol. The minimum atomic E-state index is -0.727. The lowest BCUT2D eigenvalue weighted by Gasteiger charge is -2.40. The van der Waals surface area contributed by atoms with Crippen molar-refractivity contribution in [3.63, 3.8) is 0 Å². The topological polar surface area (TPSA) is 52.6 Å². The van der Waals surface area contributed by atoms with Gasteiger partial charge in [0.2, 0.25) is 0 Å². The van der Waals surface area contributed by atoms with E-state index in [2.05, 4.69) is 31.1 Å². The van der Waals surface area contributed by atoms with E-state index in [1.54, 1.807) is 0 Å². The number of rotatable bonds is 6. The number of carbonyl (C=O) groups is 1. The number of likely N-dealkylation sites (tertiary alicyclic amines) is 1. The average molecular weight is 242 g/mol. The number of nitrogens with one attached hydrogen (secondary N) is 1.